The number of benzene rings is 2. The molecule has 1 unspecified atom stereocenters. The minimum Gasteiger partial charge on any atom is -0.507 e. The Hall–Kier alpha value is -3.72. The van der Waals surface area contributed by atoms with E-state index in [1.54, 1.807) is 62.6 Å². The lowest BCUT2D eigenvalue weighted by atomic mass is 9.95. The number of anilines is 1. The lowest BCUT2D eigenvalue weighted by Gasteiger charge is -2.22. The Bertz CT molecular complexity index is 1170. The molecule has 4 rings (SSSR count). The van der Waals surface area contributed by atoms with Gasteiger partial charge in [0.15, 0.2) is 0 Å². The highest BCUT2D eigenvalue weighted by molar-refractivity contribution is 7.15. The zero-order valence-corrected chi connectivity index (χ0v) is 17.8. The number of carbonyl (C=O) groups excluding carboxylic acids is 2. The molecule has 1 aromatic heterocycles. The van der Waals surface area contributed by atoms with Crippen molar-refractivity contribution in [2.75, 3.05) is 19.1 Å². The Morgan fingerprint density at radius 1 is 0.968 bits per heavy atom. The Morgan fingerprint density at radius 3 is 2.06 bits per heavy atom. The maximum Gasteiger partial charge on any atom is 0.301 e. The van der Waals surface area contributed by atoms with Crippen LogP contribution in [0, 0.1) is 6.92 Å². The molecule has 1 atom stereocenters. The van der Waals surface area contributed by atoms with Gasteiger partial charge in [-0.1, -0.05) is 23.5 Å². The Labute approximate surface area is 182 Å². The van der Waals surface area contributed by atoms with Gasteiger partial charge in [-0.15, -0.1) is 10.2 Å². The topological polar surface area (TPSA) is 102 Å². The third-order valence-electron chi connectivity index (χ3n) is 4.96. The van der Waals surface area contributed by atoms with Crippen molar-refractivity contribution in [2.45, 2.75) is 13.0 Å². The number of amides is 1. The molecular formula is C22H19N3O5S. The SMILES string of the molecule is COc1ccc(/C(O)=C2\C(=O)C(=O)N(c3nnc(C)s3)C2c2ccc(OC)cc2)cc1. The van der Waals surface area contributed by atoms with Crippen molar-refractivity contribution < 1.29 is 24.2 Å². The molecule has 1 N–H and O–H groups in total. The van der Waals surface area contributed by atoms with Gasteiger partial charge in [0, 0.05) is 5.56 Å². The van der Waals surface area contributed by atoms with Gasteiger partial charge >= 0.3 is 5.91 Å². The second-order valence-electron chi connectivity index (χ2n) is 6.77. The summed E-state index contributed by atoms with van der Waals surface area (Å²) in [5.41, 5.74) is 1.00. The molecule has 1 saturated heterocycles. The van der Waals surface area contributed by atoms with E-state index in [4.69, 9.17) is 9.47 Å². The monoisotopic (exact) mass is 437 g/mol. The zero-order chi connectivity index (χ0) is 22.1. The molecule has 2 aromatic carbocycles. The summed E-state index contributed by atoms with van der Waals surface area (Å²) in [5.74, 6) is -0.602. The van der Waals surface area contributed by atoms with Crippen LogP contribution in [0.2, 0.25) is 0 Å². The van der Waals surface area contributed by atoms with Crippen LogP contribution < -0.4 is 14.4 Å². The Morgan fingerprint density at radius 2 is 1.55 bits per heavy atom. The normalized spacial score (nSPS) is 17.8. The van der Waals surface area contributed by atoms with Crippen LogP contribution in [0.5, 0.6) is 11.5 Å². The molecule has 8 nitrogen and oxygen atoms in total. The quantitative estimate of drug-likeness (QED) is 0.370. The number of carbonyl (C=O) groups is 2. The molecule has 1 aliphatic rings. The van der Waals surface area contributed by atoms with Crippen molar-refractivity contribution in [3.05, 3.63) is 70.2 Å². The summed E-state index contributed by atoms with van der Waals surface area (Å²) in [6.45, 7) is 1.76. The molecule has 0 saturated carbocycles. The largest absolute Gasteiger partial charge is 0.507 e. The molecule has 0 spiro atoms. The number of ether oxygens (including phenoxy) is 2. The standard InChI is InChI=1S/C22H19N3O5S/c1-12-23-24-22(31-12)25-18(13-4-8-15(29-2)9-5-13)17(20(27)21(25)28)19(26)14-6-10-16(30-3)11-7-14/h4-11,18,26H,1-3H3/b19-17+. The average molecular weight is 437 g/mol. The van der Waals surface area contributed by atoms with Gasteiger partial charge in [-0.3, -0.25) is 14.5 Å². The number of hydrogen-bond donors (Lipinski definition) is 1. The number of Topliss-reactive ketones (excluding diaryl/α,β-unsaturated/α-hetero) is 1. The molecule has 2 heterocycles. The highest BCUT2D eigenvalue weighted by Gasteiger charge is 2.48. The van der Waals surface area contributed by atoms with Crippen molar-refractivity contribution in [3.63, 3.8) is 0 Å². The lowest BCUT2D eigenvalue weighted by Crippen LogP contribution is -2.29. The fraction of sp³-hybridized carbons (Fsp3) is 0.182. The van der Waals surface area contributed by atoms with Gasteiger partial charge in [-0.25, -0.2) is 0 Å². The van der Waals surface area contributed by atoms with E-state index in [-0.39, 0.29) is 16.5 Å². The number of ketones is 1. The second kappa shape index (κ2) is 8.19. The number of rotatable bonds is 5. The summed E-state index contributed by atoms with van der Waals surface area (Å²) in [6, 6.07) is 12.7. The van der Waals surface area contributed by atoms with Gasteiger partial charge in [0.25, 0.3) is 5.78 Å². The van der Waals surface area contributed by atoms with Gasteiger partial charge < -0.3 is 14.6 Å². The highest BCUT2D eigenvalue weighted by atomic mass is 32.1. The van der Waals surface area contributed by atoms with Crippen LogP contribution >= 0.6 is 11.3 Å². The molecule has 1 amide bonds. The summed E-state index contributed by atoms with van der Waals surface area (Å²) in [6.07, 6.45) is 0. The second-order valence-corrected chi connectivity index (χ2v) is 7.93. The van der Waals surface area contributed by atoms with E-state index in [0.29, 0.717) is 27.6 Å². The molecular weight excluding hydrogens is 418 g/mol. The predicted octanol–water partition coefficient (Wildman–Crippen LogP) is 3.49. The first-order valence-electron chi connectivity index (χ1n) is 9.34. The summed E-state index contributed by atoms with van der Waals surface area (Å²) < 4.78 is 10.4. The van der Waals surface area contributed by atoms with E-state index in [9.17, 15) is 14.7 Å². The number of aromatic nitrogens is 2. The average Bonchev–Trinajstić information content (AvgIpc) is 3.34. The summed E-state index contributed by atoms with van der Waals surface area (Å²) in [7, 11) is 3.09. The molecule has 3 aromatic rings. The van der Waals surface area contributed by atoms with Gasteiger partial charge in [-0.2, -0.15) is 0 Å². The van der Waals surface area contributed by atoms with Gasteiger partial charge in [0.05, 0.1) is 25.8 Å². The molecule has 0 radical (unpaired) electrons. The Kier molecular flexibility index (Phi) is 5.43. The number of hydrogen-bond acceptors (Lipinski definition) is 8. The van der Waals surface area contributed by atoms with Crippen molar-refractivity contribution in [1.82, 2.24) is 10.2 Å². The van der Waals surface area contributed by atoms with Crippen molar-refractivity contribution in [2.24, 2.45) is 0 Å². The first kappa shape index (κ1) is 20.5. The smallest absolute Gasteiger partial charge is 0.301 e. The maximum atomic E-state index is 13.0. The van der Waals surface area contributed by atoms with Gasteiger partial charge in [-0.05, 0) is 48.9 Å². The van der Waals surface area contributed by atoms with Crippen LogP contribution in [0.15, 0.2) is 54.1 Å². The van der Waals surface area contributed by atoms with E-state index in [1.165, 1.54) is 23.3 Å². The van der Waals surface area contributed by atoms with Crippen molar-refractivity contribution in [3.8, 4) is 11.5 Å². The number of aliphatic hydroxyl groups is 1. The van der Waals surface area contributed by atoms with Crippen LogP contribution in [0.25, 0.3) is 5.76 Å². The Balaban J connectivity index is 1.90. The summed E-state index contributed by atoms with van der Waals surface area (Å²) >= 11 is 1.20. The molecule has 31 heavy (non-hydrogen) atoms. The molecule has 158 valence electrons. The minimum absolute atomic E-state index is 0.0202. The van der Waals surface area contributed by atoms with E-state index in [2.05, 4.69) is 10.2 Å². The predicted molar refractivity (Wildman–Crippen MR) is 115 cm³/mol. The number of aryl methyl sites for hydroxylation is 1. The van der Waals surface area contributed by atoms with E-state index in [0.717, 1.165) is 0 Å². The van der Waals surface area contributed by atoms with Crippen LogP contribution in [-0.4, -0.2) is 41.2 Å². The molecule has 1 fully saturated rings. The van der Waals surface area contributed by atoms with Crippen LogP contribution in [-0.2, 0) is 9.59 Å². The fourth-order valence-electron chi connectivity index (χ4n) is 3.42. The third kappa shape index (κ3) is 3.64. The van der Waals surface area contributed by atoms with E-state index in [1.807, 2.05) is 0 Å². The summed E-state index contributed by atoms with van der Waals surface area (Å²) in [4.78, 5) is 27.3. The summed E-state index contributed by atoms with van der Waals surface area (Å²) in [5, 5.41) is 20.0. The first-order chi connectivity index (χ1) is 14.9. The fourth-order valence-corrected chi connectivity index (χ4v) is 4.13. The van der Waals surface area contributed by atoms with E-state index < -0.39 is 17.7 Å². The highest BCUT2D eigenvalue weighted by Crippen LogP contribution is 2.43. The van der Waals surface area contributed by atoms with Crippen LogP contribution in [0.4, 0.5) is 5.13 Å². The lowest BCUT2D eigenvalue weighted by molar-refractivity contribution is -0.132. The number of methoxy groups -OCH3 is 2. The molecule has 1 aliphatic heterocycles. The number of nitrogens with zero attached hydrogens (tertiary/aromatic N) is 3. The first-order valence-corrected chi connectivity index (χ1v) is 10.2. The third-order valence-corrected chi connectivity index (χ3v) is 5.80. The number of aliphatic hydroxyl groups excluding tert-OH is 1. The molecule has 0 bridgehead atoms. The van der Waals surface area contributed by atoms with Crippen LogP contribution in [0.1, 0.15) is 22.2 Å². The molecule has 0 aliphatic carbocycles. The van der Waals surface area contributed by atoms with Crippen molar-refractivity contribution in [1.29, 1.82) is 0 Å². The maximum absolute atomic E-state index is 13.0. The van der Waals surface area contributed by atoms with Crippen molar-refractivity contribution >= 4 is 33.9 Å². The van der Waals surface area contributed by atoms with Gasteiger partial charge in [0.1, 0.15) is 22.3 Å². The van der Waals surface area contributed by atoms with Gasteiger partial charge in [0.2, 0.25) is 5.13 Å². The minimum atomic E-state index is -0.861. The zero-order valence-electron chi connectivity index (χ0n) is 17.0. The molecule has 9 heteroatoms. The van der Waals surface area contributed by atoms with Crippen LogP contribution in [0.3, 0.4) is 0 Å². The van der Waals surface area contributed by atoms with E-state index >= 15 is 0 Å².